The number of hydrogen-bond acceptors (Lipinski definition) is 4. The molecular weight excluding hydrogens is 289 g/mol. The normalized spacial score (nSPS) is 11.3. The molecule has 1 aromatic carbocycles. The Bertz CT molecular complexity index is 472. The number of carbonyl (C=O) groups is 1. The van der Waals surface area contributed by atoms with Crippen LogP contribution < -0.4 is 9.47 Å². The molecule has 118 valence electrons. The van der Waals surface area contributed by atoms with E-state index in [1.54, 1.807) is 18.2 Å². The van der Waals surface area contributed by atoms with E-state index in [1.165, 1.54) is 14.0 Å². The van der Waals surface area contributed by atoms with Gasteiger partial charge in [0.15, 0.2) is 17.3 Å². The second kappa shape index (κ2) is 7.87. The van der Waals surface area contributed by atoms with Gasteiger partial charge in [-0.2, -0.15) is 13.2 Å². The first-order chi connectivity index (χ1) is 9.83. The van der Waals surface area contributed by atoms with E-state index in [4.69, 9.17) is 9.47 Å². The van der Waals surface area contributed by atoms with E-state index in [0.29, 0.717) is 23.5 Å². The van der Waals surface area contributed by atoms with Gasteiger partial charge in [0.1, 0.15) is 6.61 Å². The number of hydrogen-bond donors (Lipinski definition) is 0. The summed E-state index contributed by atoms with van der Waals surface area (Å²) in [5.74, 6) is 0.734. The Hall–Kier alpha value is -1.76. The monoisotopic (exact) mass is 306 g/mol. The number of ether oxygens (including phenoxy) is 3. The van der Waals surface area contributed by atoms with Crippen molar-refractivity contribution in [1.82, 2.24) is 0 Å². The highest BCUT2D eigenvalue weighted by atomic mass is 19.4. The van der Waals surface area contributed by atoms with Crippen molar-refractivity contribution in [1.29, 1.82) is 0 Å². The quantitative estimate of drug-likeness (QED) is 0.546. The van der Waals surface area contributed by atoms with Crippen molar-refractivity contribution in [2.24, 2.45) is 0 Å². The summed E-state index contributed by atoms with van der Waals surface area (Å²) in [6, 6.07) is 4.74. The molecule has 0 aliphatic carbocycles. The molecule has 0 saturated carbocycles. The van der Waals surface area contributed by atoms with Crippen molar-refractivity contribution in [2.45, 2.75) is 19.5 Å². The van der Waals surface area contributed by atoms with Crippen LogP contribution >= 0.6 is 0 Å². The number of carbonyl (C=O) groups excluding carboxylic acids is 1. The standard InChI is InChI=1S/C14H17F3O4/c1-10(18)11-4-5-12(13(8-11)19-2)21-7-3-6-20-9-14(15,16)17/h4-5,8H,3,6-7,9H2,1-2H3. The number of Topliss-reactive ketones (excluding diaryl/α,β-unsaturated/α-hetero) is 1. The van der Waals surface area contributed by atoms with Gasteiger partial charge in [-0.05, 0) is 25.1 Å². The van der Waals surface area contributed by atoms with Gasteiger partial charge in [-0.3, -0.25) is 4.79 Å². The van der Waals surface area contributed by atoms with Crippen LogP contribution in [-0.4, -0.2) is 38.9 Å². The van der Waals surface area contributed by atoms with E-state index in [9.17, 15) is 18.0 Å². The first kappa shape index (κ1) is 17.3. The first-order valence-corrected chi connectivity index (χ1v) is 6.30. The summed E-state index contributed by atoms with van der Waals surface area (Å²) < 4.78 is 50.5. The number of alkyl halides is 3. The fraction of sp³-hybridized carbons (Fsp3) is 0.500. The van der Waals surface area contributed by atoms with Gasteiger partial charge in [-0.25, -0.2) is 0 Å². The Morgan fingerprint density at radius 1 is 1.19 bits per heavy atom. The summed E-state index contributed by atoms with van der Waals surface area (Å²) >= 11 is 0. The molecule has 0 amide bonds. The second-order valence-electron chi connectivity index (χ2n) is 4.29. The van der Waals surface area contributed by atoms with Crippen LogP contribution in [0.5, 0.6) is 11.5 Å². The Morgan fingerprint density at radius 2 is 1.90 bits per heavy atom. The predicted octanol–water partition coefficient (Wildman–Crippen LogP) is 3.25. The minimum atomic E-state index is -4.31. The Morgan fingerprint density at radius 3 is 2.48 bits per heavy atom. The van der Waals surface area contributed by atoms with Crippen molar-refractivity contribution < 1.29 is 32.2 Å². The Balaban J connectivity index is 2.40. The molecule has 0 aliphatic rings. The smallest absolute Gasteiger partial charge is 0.411 e. The van der Waals surface area contributed by atoms with Gasteiger partial charge in [0.2, 0.25) is 0 Å². The third-order valence-corrected chi connectivity index (χ3v) is 2.53. The van der Waals surface area contributed by atoms with Crippen molar-refractivity contribution >= 4 is 5.78 Å². The fourth-order valence-electron chi connectivity index (χ4n) is 1.54. The Kier molecular flexibility index (Phi) is 6.48. The van der Waals surface area contributed by atoms with E-state index in [0.717, 1.165) is 0 Å². The van der Waals surface area contributed by atoms with Gasteiger partial charge in [-0.15, -0.1) is 0 Å². The molecule has 0 atom stereocenters. The predicted molar refractivity (Wildman–Crippen MR) is 70.0 cm³/mol. The lowest BCUT2D eigenvalue weighted by atomic mass is 10.1. The van der Waals surface area contributed by atoms with Crippen molar-refractivity contribution in [3.63, 3.8) is 0 Å². The van der Waals surface area contributed by atoms with Crippen LogP contribution in [0, 0.1) is 0 Å². The van der Waals surface area contributed by atoms with Gasteiger partial charge in [0.05, 0.1) is 20.3 Å². The van der Waals surface area contributed by atoms with Gasteiger partial charge in [0.25, 0.3) is 0 Å². The molecule has 4 nitrogen and oxygen atoms in total. The van der Waals surface area contributed by atoms with Gasteiger partial charge in [-0.1, -0.05) is 0 Å². The molecule has 0 radical (unpaired) electrons. The highest BCUT2D eigenvalue weighted by Gasteiger charge is 2.27. The highest BCUT2D eigenvalue weighted by molar-refractivity contribution is 5.94. The third-order valence-electron chi connectivity index (χ3n) is 2.53. The maximum Gasteiger partial charge on any atom is 0.411 e. The van der Waals surface area contributed by atoms with Crippen LogP contribution in [0.3, 0.4) is 0 Å². The molecule has 0 saturated heterocycles. The molecule has 0 unspecified atom stereocenters. The molecule has 0 aromatic heterocycles. The van der Waals surface area contributed by atoms with Crippen LogP contribution in [0.25, 0.3) is 0 Å². The zero-order chi connectivity index (χ0) is 15.9. The maximum atomic E-state index is 11.8. The summed E-state index contributed by atoms with van der Waals surface area (Å²) in [5.41, 5.74) is 0.493. The summed E-state index contributed by atoms with van der Waals surface area (Å²) in [6.45, 7) is 0.317. The molecule has 1 rings (SSSR count). The molecule has 0 bridgehead atoms. The minimum Gasteiger partial charge on any atom is -0.493 e. The molecule has 0 heterocycles. The molecular formula is C14H17F3O4. The van der Waals surface area contributed by atoms with Crippen molar-refractivity contribution in [3.05, 3.63) is 23.8 Å². The molecule has 0 N–H and O–H groups in total. The molecule has 0 spiro atoms. The molecule has 0 aliphatic heterocycles. The van der Waals surface area contributed by atoms with Crippen molar-refractivity contribution in [2.75, 3.05) is 26.9 Å². The third kappa shape index (κ3) is 6.48. The molecule has 0 fully saturated rings. The lowest BCUT2D eigenvalue weighted by Crippen LogP contribution is -2.18. The van der Waals surface area contributed by atoms with Crippen LogP contribution in [0.15, 0.2) is 18.2 Å². The summed E-state index contributed by atoms with van der Waals surface area (Å²) in [7, 11) is 1.44. The number of methoxy groups -OCH3 is 1. The maximum absolute atomic E-state index is 11.8. The molecule has 7 heteroatoms. The van der Waals surface area contributed by atoms with Gasteiger partial charge >= 0.3 is 6.18 Å². The van der Waals surface area contributed by atoms with E-state index < -0.39 is 12.8 Å². The van der Waals surface area contributed by atoms with Crippen LogP contribution in [0.4, 0.5) is 13.2 Å². The van der Waals surface area contributed by atoms with E-state index in [1.807, 2.05) is 0 Å². The van der Waals surface area contributed by atoms with Crippen molar-refractivity contribution in [3.8, 4) is 11.5 Å². The topological polar surface area (TPSA) is 44.8 Å². The fourth-order valence-corrected chi connectivity index (χ4v) is 1.54. The van der Waals surface area contributed by atoms with E-state index in [-0.39, 0.29) is 19.0 Å². The SMILES string of the molecule is COc1cc(C(C)=O)ccc1OCCCOCC(F)(F)F. The summed E-state index contributed by atoms with van der Waals surface area (Å²) in [4.78, 5) is 11.2. The summed E-state index contributed by atoms with van der Waals surface area (Å²) in [5, 5.41) is 0. The Labute approximate surface area is 120 Å². The van der Waals surface area contributed by atoms with E-state index >= 15 is 0 Å². The average Bonchev–Trinajstić information content (AvgIpc) is 2.41. The van der Waals surface area contributed by atoms with Crippen LogP contribution in [0.2, 0.25) is 0 Å². The van der Waals surface area contributed by atoms with Crippen LogP contribution in [0.1, 0.15) is 23.7 Å². The zero-order valence-electron chi connectivity index (χ0n) is 11.8. The van der Waals surface area contributed by atoms with Gasteiger partial charge in [0, 0.05) is 12.0 Å². The highest BCUT2D eigenvalue weighted by Crippen LogP contribution is 2.28. The number of ketones is 1. The van der Waals surface area contributed by atoms with Crippen LogP contribution in [-0.2, 0) is 4.74 Å². The lowest BCUT2D eigenvalue weighted by Gasteiger charge is -2.12. The second-order valence-corrected chi connectivity index (χ2v) is 4.29. The lowest BCUT2D eigenvalue weighted by molar-refractivity contribution is -0.174. The first-order valence-electron chi connectivity index (χ1n) is 6.30. The zero-order valence-corrected chi connectivity index (χ0v) is 11.8. The van der Waals surface area contributed by atoms with Gasteiger partial charge < -0.3 is 14.2 Å². The number of benzene rings is 1. The number of halogens is 3. The minimum absolute atomic E-state index is 0.0483. The molecule has 1 aromatic rings. The summed E-state index contributed by atoms with van der Waals surface area (Å²) in [6.07, 6.45) is -4.00. The average molecular weight is 306 g/mol. The largest absolute Gasteiger partial charge is 0.493 e. The van der Waals surface area contributed by atoms with E-state index in [2.05, 4.69) is 4.74 Å². The molecule has 21 heavy (non-hydrogen) atoms. The number of rotatable bonds is 8.